The van der Waals surface area contributed by atoms with E-state index < -0.39 is 29.8 Å². The smallest absolute Gasteiger partial charge is 0.241 e. The van der Waals surface area contributed by atoms with Gasteiger partial charge in [0.05, 0.1) is 16.6 Å². The SMILES string of the molecule is NCCNS(=O)(=O)c1ccc(-c2cnc3cc[nH]c3c2)c(-c2nn[nH]n2)c1S(N)(=O)=O. The standard InChI is InChI=1S/C16H17N9O4S2/c17-4-6-21-31(28,29)13-2-1-10(9-7-12-11(20-8-9)3-5-19-12)14(15(13)30(18,26)27)16-22-24-25-23-16/h1-3,5,7-8,19,21H,4,6,17H2,(H2,18,26,27)(H,22,23,24,25). The van der Waals surface area contributed by atoms with Crippen molar-refractivity contribution < 1.29 is 16.8 Å². The number of benzene rings is 1. The second-order valence-corrected chi connectivity index (χ2v) is 9.65. The van der Waals surface area contributed by atoms with E-state index in [1.807, 2.05) is 0 Å². The lowest BCUT2D eigenvalue weighted by Gasteiger charge is -2.16. The van der Waals surface area contributed by atoms with Gasteiger partial charge in [0.1, 0.15) is 9.79 Å². The number of aromatic amines is 2. The summed E-state index contributed by atoms with van der Waals surface area (Å²) in [6, 6.07) is 6.09. The monoisotopic (exact) mass is 463 g/mol. The molecule has 0 fully saturated rings. The fourth-order valence-corrected chi connectivity index (χ4v) is 5.79. The minimum atomic E-state index is -4.56. The van der Waals surface area contributed by atoms with Gasteiger partial charge in [-0.3, -0.25) is 4.98 Å². The lowest BCUT2D eigenvalue weighted by molar-refractivity contribution is 0.574. The minimum absolute atomic E-state index is 0.0154. The second kappa shape index (κ2) is 7.78. The van der Waals surface area contributed by atoms with Crippen LogP contribution >= 0.6 is 0 Å². The van der Waals surface area contributed by atoms with Crippen molar-refractivity contribution in [2.45, 2.75) is 9.79 Å². The number of nitrogens with zero attached hydrogens (tertiary/aromatic N) is 4. The Bertz CT molecular complexity index is 1460. The van der Waals surface area contributed by atoms with E-state index in [9.17, 15) is 16.8 Å². The number of pyridine rings is 1. The molecule has 13 nitrogen and oxygen atoms in total. The highest BCUT2D eigenvalue weighted by atomic mass is 32.2. The fraction of sp³-hybridized carbons (Fsp3) is 0.125. The van der Waals surface area contributed by atoms with Crippen LogP contribution < -0.4 is 15.6 Å². The van der Waals surface area contributed by atoms with Crippen LogP contribution in [0.3, 0.4) is 0 Å². The Morgan fingerprint density at radius 2 is 1.94 bits per heavy atom. The average Bonchev–Trinajstić information content (AvgIpc) is 3.41. The van der Waals surface area contributed by atoms with Gasteiger partial charge in [-0.1, -0.05) is 6.07 Å². The number of hydrogen-bond acceptors (Lipinski definition) is 9. The van der Waals surface area contributed by atoms with E-state index in [0.717, 1.165) is 6.07 Å². The predicted octanol–water partition coefficient (Wildman–Crippen LogP) is -0.706. The van der Waals surface area contributed by atoms with Crippen LogP contribution in [-0.4, -0.2) is 60.5 Å². The molecule has 3 heterocycles. The predicted molar refractivity (Wildman–Crippen MR) is 110 cm³/mol. The van der Waals surface area contributed by atoms with Crippen LogP contribution in [0, 0.1) is 0 Å². The third-order valence-corrected chi connectivity index (χ3v) is 7.04. The molecule has 7 N–H and O–H groups in total. The summed E-state index contributed by atoms with van der Waals surface area (Å²) in [5, 5.41) is 18.9. The van der Waals surface area contributed by atoms with Crippen molar-refractivity contribution in [1.82, 2.24) is 35.3 Å². The molecule has 4 aromatic rings. The molecule has 0 radical (unpaired) electrons. The van der Waals surface area contributed by atoms with Gasteiger partial charge in [0.25, 0.3) is 0 Å². The van der Waals surface area contributed by atoms with Crippen molar-refractivity contribution in [2.75, 3.05) is 13.1 Å². The van der Waals surface area contributed by atoms with Gasteiger partial charge in [0.15, 0.2) is 0 Å². The third kappa shape index (κ3) is 3.91. The molecule has 1 aromatic carbocycles. The molecule has 0 unspecified atom stereocenters. The lowest BCUT2D eigenvalue weighted by Crippen LogP contribution is -2.31. The summed E-state index contributed by atoms with van der Waals surface area (Å²) in [4.78, 5) is 6.12. The van der Waals surface area contributed by atoms with Gasteiger partial charge in [0, 0.05) is 31.0 Å². The van der Waals surface area contributed by atoms with Crippen molar-refractivity contribution in [3.63, 3.8) is 0 Å². The van der Waals surface area contributed by atoms with Crippen molar-refractivity contribution in [2.24, 2.45) is 10.9 Å². The quantitative estimate of drug-likeness (QED) is 0.234. The number of sulfonamides is 2. The molecule has 162 valence electrons. The first-order chi connectivity index (χ1) is 14.7. The Morgan fingerprint density at radius 3 is 2.61 bits per heavy atom. The Kier molecular flexibility index (Phi) is 5.28. The molecule has 0 aliphatic rings. The number of H-pyrrole nitrogens is 2. The second-order valence-electron chi connectivity index (χ2n) is 6.42. The summed E-state index contributed by atoms with van der Waals surface area (Å²) in [5.74, 6) is -0.151. The molecule has 0 aliphatic carbocycles. The zero-order valence-corrected chi connectivity index (χ0v) is 17.4. The maximum Gasteiger partial charge on any atom is 0.241 e. The highest BCUT2D eigenvalue weighted by molar-refractivity contribution is 7.92. The summed E-state index contributed by atoms with van der Waals surface area (Å²) < 4.78 is 53.0. The first-order valence-corrected chi connectivity index (χ1v) is 11.8. The number of aromatic nitrogens is 6. The number of fused-ring (bicyclic) bond motifs is 1. The number of primary sulfonamides is 1. The van der Waals surface area contributed by atoms with Crippen LogP contribution in [0.25, 0.3) is 33.5 Å². The Hall–Kier alpha value is -3.24. The van der Waals surface area contributed by atoms with Crippen molar-refractivity contribution >= 4 is 31.1 Å². The van der Waals surface area contributed by atoms with E-state index in [1.165, 1.54) is 12.3 Å². The Morgan fingerprint density at radius 1 is 1.13 bits per heavy atom. The first kappa shape index (κ1) is 21.0. The van der Waals surface area contributed by atoms with Gasteiger partial charge in [-0.05, 0) is 29.0 Å². The van der Waals surface area contributed by atoms with Crippen molar-refractivity contribution in [3.8, 4) is 22.5 Å². The van der Waals surface area contributed by atoms with Gasteiger partial charge in [-0.2, -0.15) is 5.21 Å². The van der Waals surface area contributed by atoms with Crippen LogP contribution in [0.1, 0.15) is 0 Å². The van der Waals surface area contributed by atoms with E-state index >= 15 is 0 Å². The molecule has 0 atom stereocenters. The maximum absolute atomic E-state index is 12.8. The first-order valence-electron chi connectivity index (χ1n) is 8.79. The number of nitrogens with one attached hydrogen (secondary N) is 3. The molecular formula is C16H17N9O4S2. The molecule has 0 aliphatic heterocycles. The molecule has 0 amide bonds. The van der Waals surface area contributed by atoms with Gasteiger partial charge in [0.2, 0.25) is 25.9 Å². The number of rotatable bonds is 7. The van der Waals surface area contributed by atoms with E-state index in [-0.39, 0.29) is 24.5 Å². The van der Waals surface area contributed by atoms with E-state index in [1.54, 1.807) is 18.3 Å². The summed E-state index contributed by atoms with van der Waals surface area (Å²) in [6.45, 7) is -0.0827. The molecule has 0 saturated heterocycles. The molecule has 0 spiro atoms. The Balaban J connectivity index is 2.08. The molecule has 0 saturated carbocycles. The summed E-state index contributed by atoms with van der Waals surface area (Å²) in [7, 11) is -8.83. The van der Waals surface area contributed by atoms with E-state index in [2.05, 4.69) is 35.3 Å². The molecule has 0 bridgehead atoms. The van der Waals surface area contributed by atoms with Crippen LogP contribution in [0.15, 0.2) is 46.5 Å². The summed E-state index contributed by atoms with van der Waals surface area (Å²) in [5.41, 5.74) is 7.41. The molecule has 3 aromatic heterocycles. The fourth-order valence-electron chi connectivity index (χ4n) is 3.14. The van der Waals surface area contributed by atoms with Crippen LogP contribution in [0.4, 0.5) is 0 Å². The van der Waals surface area contributed by atoms with Crippen LogP contribution in [0.2, 0.25) is 0 Å². The largest absolute Gasteiger partial charge is 0.360 e. The van der Waals surface area contributed by atoms with Crippen LogP contribution in [-0.2, 0) is 20.0 Å². The van der Waals surface area contributed by atoms with Gasteiger partial charge < -0.3 is 10.7 Å². The third-order valence-electron chi connectivity index (χ3n) is 4.41. The topological polar surface area (TPSA) is 215 Å². The minimum Gasteiger partial charge on any atom is -0.360 e. The number of nitrogens with two attached hydrogens (primary N) is 2. The molecule has 31 heavy (non-hydrogen) atoms. The summed E-state index contributed by atoms with van der Waals surface area (Å²) in [6.07, 6.45) is 3.22. The van der Waals surface area contributed by atoms with Gasteiger partial charge in [-0.25, -0.2) is 26.7 Å². The van der Waals surface area contributed by atoms with E-state index in [4.69, 9.17) is 10.9 Å². The van der Waals surface area contributed by atoms with Gasteiger partial charge >= 0.3 is 0 Å². The molecular weight excluding hydrogens is 446 g/mol. The van der Waals surface area contributed by atoms with Crippen LogP contribution in [0.5, 0.6) is 0 Å². The van der Waals surface area contributed by atoms with E-state index in [0.29, 0.717) is 22.2 Å². The maximum atomic E-state index is 12.8. The van der Waals surface area contributed by atoms with Crippen molar-refractivity contribution in [1.29, 1.82) is 0 Å². The lowest BCUT2D eigenvalue weighted by atomic mass is 10.00. The normalized spacial score (nSPS) is 12.5. The zero-order chi connectivity index (χ0) is 22.2. The summed E-state index contributed by atoms with van der Waals surface area (Å²) >= 11 is 0. The number of hydrogen-bond donors (Lipinski definition) is 5. The molecule has 4 rings (SSSR count). The Labute approximate surface area is 176 Å². The van der Waals surface area contributed by atoms with Gasteiger partial charge in [-0.15, -0.1) is 10.2 Å². The highest BCUT2D eigenvalue weighted by Crippen LogP contribution is 2.38. The van der Waals surface area contributed by atoms with Crippen molar-refractivity contribution in [3.05, 3.63) is 36.7 Å². The highest BCUT2D eigenvalue weighted by Gasteiger charge is 2.32. The average molecular weight is 464 g/mol. The number of tetrazole rings is 1. The molecule has 15 heteroatoms. The zero-order valence-electron chi connectivity index (χ0n) is 15.8.